The summed E-state index contributed by atoms with van der Waals surface area (Å²) in [5.41, 5.74) is 2.13. The van der Waals surface area contributed by atoms with Crippen molar-refractivity contribution in [3.8, 4) is 0 Å². The maximum atomic E-state index is 6.13. The molecule has 2 aromatic rings. The van der Waals surface area contributed by atoms with Gasteiger partial charge in [0.15, 0.2) is 0 Å². The van der Waals surface area contributed by atoms with Crippen molar-refractivity contribution in [1.82, 2.24) is 9.55 Å². The predicted octanol–water partition coefficient (Wildman–Crippen LogP) is 5.57. The number of aromatic nitrogens is 2. The van der Waals surface area contributed by atoms with E-state index in [1.165, 1.54) is 37.6 Å². The van der Waals surface area contributed by atoms with Crippen molar-refractivity contribution in [3.63, 3.8) is 0 Å². The zero-order valence-electron chi connectivity index (χ0n) is 11.8. The van der Waals surface area contributed by atoms with Crippen molar-refractivity contribution in [2.45, 2.75) is 50.9 Å². The second-order valence-electron chi connectivity index (χ2n) is 5.85. The number of alkyl halides is 1. The van der Waals surface area contributed by atoms with Gasteiger partial charge < -0.3 is 4.57 Å². The zero-order valence-corrected chi connectivity index (χ0v) is 13.3. The summed E-state index contributed by atoms with van der Waals surface area (Å²) in [5.74, 6) is 2.10. The third-order valence-corrected chi connectivity index (χ3v) is 4.97. The summed E-state index contributed by atoms with van der Waals surface area (Å²) in [4.78, 5) is 4.68. The molecule has 1 heterocycles. The van der Waals surface area contributed by atoms with Gasteiger partial charge in [0.1, 0.15) is 5.82 Å². The summed E-state index contributed by atoms with van der Waals surface area (Å²) >= 11 is 12.2. The second-order valence-corrected chi connectivity index (χ2v) is 6.55. The molecule has 0 amide bonds. The maximum Gasteiger partial charge on any atom is 0.125 e. The Morgan fingerprint density at radius 3 is 2.85 bits per heavy atom. The number of hydrogen-bond donors (Lipinski definition) is 0. The normalized spacial score (nSPS) is 23.9. The molecule has 3 rings (SSSR count). The van der Waals surface area contributed by atoms with E-state index in [2.05, 4.69) is 22.5 Å². The Labute approximate surface area is 130 Å². The highest BCUT2D eigenvalue weighted by Crippen LogP contribution is 2.36. The lowest BCUT2D eigenvalue weighted by Crippen LogP contribution is -2.18. The first-order valence-corrected chi connectivity index (χ1v) is 8.34. The molecule has 2 atom stereocenters. The van der Waals surface area contributed by atoms with Gasteiger partial charge in [-0.05, 0) is 37.0 Å². The van der Waals surface area contributed by atoms with E-state index >= 15 is 0 Å². The van der Waals surface area contributed by atoms with Gasteiger partial charge in [0.2, 0.25) is 0 Å². The van der Waals surface area contributed by atoms with Crippen LogP contribution in [-0.4, -0.2) is 9.55 Å². The Morgan fingerprint density at radius 1 is 1.25 bits per heavy atom. The molecule has 20 heavy (non-hydrogen) atoms. The van der Waals surface area contributed by atoms with E-state index < -0.39 is 0 Å². The minimum Gasteiger partial charge on any atom is -0.324 e. The van der Waals surface area contributed by atoms with Gasteiger partial charge in [0.05, 0.1) is 16.9 Å². The van der Waals surface area contributed by atoms with Crippen LogP contribution in [0.2, 0.25) is 5.02 Å². The summed E-state index contributed by atoms with van der Waals surface area (Å²) in [7, 11) is 0. The van der Waals surface area contributed by atoms with Gasteiger partial charge in [-0.2, -0.15) is 0 Å². The van der Waals surface area contributed by atoms with Gasteiger partial charge in [-0.3, -0.25) is 0 Å². The smallest absolute Gasteiger partial charge is 0.125 e. The molecule has 0 bridgehead atoms. The Bertz CT molecular complexity index is 606. The van der Waals surface area contributed by atoms with Crippen LogP contribution < -0.4 is 0 Å². The van der Waals surface area contributed by atoms with E-state index in [-0.39, 0.29) is 0 Å². The molecule has 0 radical (unpaired) electrons. The van der Waals surface area contributed by atoms with E-state index in [0.717, 1.165) is 16.4 Å². The van der Waals surface area contributed by atoms with Gasteiger partial charge >= 0.3 is 0 Å². The van der Waals surface area contributed by atoms with Crippen LogP contribution in [0.3, 0.4) is 0 Å². The minimum absolute atomic E-state index is 0.454. The quantitative estimate of drug-likeness (QED) is 0.523. The fourth-order valence-corrected chi connectivity index (χ4v) is 3.80. The molecule has 2 unspecified atom stereocenters. The van der Waals surface area contributed by atoms with E-state index in [1.807, 2.05) is 12.1 Å². The molecule has 1 aromatic carbocycles. The lowest BCUT2D eigenvalue weighted by Gasteiger charge is -2.25. The molecule has 0 aliphatic heterocycles. The Balaban J connectivity index is 2.12. The Kier molecular flexibility index (Phi) is 4.23. The topological polar surface area (TPSA) is 17.8 Å². The van der Waals surface area contributed by atoms with Crippen LogP contribution in [0, 0.1) is 5.92 Å². The summed E-state index contributed by atoms with van der Waals surface area (Å²) in [5, 5.41) is 0.734. The summed E-state index contributed by atoms with van der Waals surface area (Å²) in [6.45, 7) is 2.36. The summed E-state index contributed by atoms with van der Waals surface area (Å²) < 4.78 is 2.37. The number of halogens is 2. The van der Waals surface area contributed by atoms with Crippen LogP contribution >= 0.6 is 23.2 Å². The molecule has 1 aliphatic rings. The molecule has 2 nitrogen and oxygen atoms in total. The summed E-state index contributed by atoms with van der Waals surface area (Å²) in [6, 6.07) is 6.47. The SMILES string of the molecule is CC1CCCCCC1n1c(CCl)nc2cc(Cl)ccc21. The van der Waals surface area contributed by atoms with Gasteiger partial charge in [0, 0.05) is 11.1 Å². The van der Waals surface area contributed by atoms with Gasteiger partial charge in [-0.15, -0.1) is 11.6 Å². The van der Waals surface area contributed by atoms with Crippen molar-refractivity contribution >= 4 is 34.2 Å². The van der Waals surface area contributed by atoms with Gasteiger partial charge in [0.25, 0.3) is 0 Å². The van der Waals surface area contributed by atoms with Crippen LogP contribution in [-0.2, 0) is 5.88 Å². The van der Waals surface area contributed by atoms with Crippen LogP contribution in [0.15, 0.2) is 18.2 Å². The molecule has 0 spiro atoms. The Morgan fingerprint density at radius 2 is 2.05 bits per heavy atom. The number of hydrogen-bond acceptors (Lipinski definition) is 1. The lowest BCUT2D eigenvalue weighted by molar-refractivity contribution is 0.335. The first-order valence-electron chi connectivity index (χ1n) is 7.43. The van der Waals surface area contributed by atoms with Crippen LogP contribution in [0.5, 0.6) is 0 Å². The average Bonchev–Trinajstić information content (AvgIpc) is 2.66. The molecule has 1 aromatic heterocycles. The van der Waals surface area contributed by atoms with Crippen molar-refractivity contribution in [3.05, 3.63) is 29.0 Å². The lowest BCUT2D eigenvalue weighted by atomic mass is 9.96. The highest BCUT2D eigenvalue weighted by atomic mass is 35.5. The van der Waals surface area contributed by atoms with Crippen LogP contribution in [0.4, 0.5) is 0 Å². The number of benzene rings is 1. The number of nitrogens with zero attached hydrogens (tertiary/aromatic N) is 2. The zero-order chi connectivity index (χ0) is 14.1. The standard InChI is InChI=1S/C16H20Cl2N2/c1-11-5-3-2-4-6-14(11)20-15-8-7-12(18)9-13(15)19-16(20)10-17/h7-9,11,14H,2-6,10H2,1H3. The Hall–Kier alpha value is -0.730. The van der Waals surface area contributed by atoms with Crippen molar-refractivity contribution < 1.29 is 0 Å². The first kappa shape index (κ1) is 14.2. The van der Waals surface area contributed by atoms with Gasteiger partial charge in [-0.1, -0.05) is 37.8 Å². The highest BCUT2D eigenvalue weighted by molar-refractivity contribution is 6.31. The highest BCUT2D eigenvalue weighted by Gasteiger charge is 2.25. The molecule has 0 saturated heterocycles. The van der Waals surface area contributed by atoms with Gasteiger partial charge in [-0.25, -0.2) is 4.98 Å². The van der Waals surface area contributed by atoms with Crippen molar-refractivity contribution in [1.29, 1.82) is 0 Å². The monoisotopic (exact) mass is 310 g/mol. The molecule has 4 heteroatoms. The summed E-state index contributed by atoms with van der Waals surface area (Å²) in [6.07, 6.45) is 6.49. The number of fused-ring (bicyclic) bond motifs is 1. The largest absolute Gasteiger partial charge is 0.324 e. The van der Waals surface area contributed by atoms with E-state index in [0.29, 0.717) is 17.8 Å². The van der Waals surface area contributed by atoms with Crippen molar-refractivity contribution in [2.24, 2.45) is 5.92 Å². The average molecular weight is 311 g/mol. The van der Waals surface area contributed by atoms with E-state index in [9.17, 15) is 0 Å². The number of imidazole rings is 1. The van der Waals surface area contributed by atoms with E-state index in [4.69, 9.17) is 23.2 Å². The molecule has 108 valence electrons. The number of rotatable bonds is 2. The molecular weight excluding hydrogens is 291 g/mol. The van der Waals surface area contributed by atoms with Crippen LogP contribution in [0.25, 0.3) is 11.0 Å². The maximum absolute atomic E-state index is 6.13. The predicted molar refractivity (Wildman–Crippen MR) is 85.6 cm³/mol. The van der Waals surface area contributed by atoms with E-state index in [1.54, 1.807) is 0 Å². The molecule has 0 N–H and O–H groups in total. The van der Waals surface area contributed by atoms with Crippen molar-refractivity contribution in [2.75, 3.05) is 0 Å². The van der Waals surface area contributed by atoms with Crippen LogP contribution in [0.1, 0.15) is 50.9 Å². The molecule has 1 aliphatic carbocycles. The fourth-order valence-electron chi connectivity index (χ4n) is 3.44. The second kappa shape index (κ2) is 5.95. The molecule has 1 saturated carbocycles. The molecular formula is C16H20Cl2N2. The minimum atomic E-state index is 0.454. The first-order chi connectivity index (χ1) is 9.70. The fraction of sp³-hybridized carbons (Fsp3) is 0.562. The molecule has 1 fully saturated rings. The third kappa shape index (κ3) is 2.56. The third-order valence-electron chi connectivity index (χ3n) is 4.49.